The van der Waals surface area contributed by atoms with Gasteiger partial charge in [0.2, 0.25) is 5.91 Å². The van der Waals surface area contributed by atoms with E-state index in [0.717, 1.165) is 16.7 Å². The molecule has 1 aromatic carbocycles. The van der Waals surface area contributed by atoms with E-state index in [0.29, 0.717) is 19.4 Å². The van der Waals surface area contributed by atoms with E-state index in [1.165, 1.54) is 12.1 Å². The number of aryl methyl sites for hydroxylation is 1. The SMILES string of the molecule is Cn1cnc(CCNC(=O)CCCN2C(=O)c3ccc([N+](=O)[O-])cc3C2=O)c1. The summed E-state index contributed by atoms with van der Waals surface area (Å²) < 4.78 is 1.83. The lowest BCUT2D eigenvalue weighted by Gasteiger charge is -2.13. The first-order chi connectivity index (χ1) is 13.4. The summed E-state index contributed by atoms with van der Waals surface area (Å²) in [7, 11) is 1.87. The Hall–Kier alpha value is -3.56. The molecule has 10 heteroatoms. The van der Waals surface area contributed by atoms with Gasteiger partial charge in [0.1, 0.15) is 0 Å². The van der Waals surface area contributed by atoms with Crippen molar-refractivity contribution in [1.82, 2.24) is 19.8 Å². The third-order valence-electron chi connectivity index (χ3n) is 4.41. The second-order valence-electron chi connectivity index (χ2n) is 6.48. The molecule has 0 radical (unpaired) electrons. The Morgan fingerprint density at radius 3 is 2.68 bits per heavy atom. The van der Waals surface area contributed by atoms with Crippen molar-refractivity contribution in [2.24, 2.45) is 7.05 Å². The fourth-order valence-corrected chi connectivity index (χ4v) is 3.01. The largest absolute Gasteiger partial charge is 0.356 e. The number of carbonyl (C=O) groups excluding carboxylic acids is 3. The molecular weight excluding hydrogens is 366 g/mol. The van der Waals surface area contributed by atoms with Gasteiger partial charge in [0.15, 0.2) is 0 Å². The lowest BCUT2D eigenvalue weighted by atomic mass is 10.1. The van der Waals surface area contributed by atoms with Gasteiger partial charge in [-0.1, -0.05) is 0 Å². The third-order valence-corrected chi connectivity index (χ3v) is 4.41. The molecule has 3 rings (SSSR count). The lowest BCUT2D eigenvalue weighted by molar-refractivity contribution is -0.384. The summed E-state index contributed by atoms with van der Waals surface area (Å²) in [4.78, 5) is 52.0. The van der Waals surface area contributed by atoms with Gasteiger partial charge in [-0.25, -0.2) is 4.98 Å². The summed E-state index contributed by atoms with van der Waals surface area (Å²) in [6.07, 6.45) is 4.65. The average molecular weight is 385 g/mol. The van der Waals surface area contributed by atoms with Gasteiger partial charge in [-0.3, -0.25) is 29.4 Å². The molecule has 0 unspecified atom stereocenters. The van der Waals surface area contributed by atoms with Gasteiger partial charge < -0.3 is 9.88 Å². The summed E-state index contributed by atoms with van der Waals surface area (Å²) in [6.45, 7) is 0.528. The van der Waals surface area contributed by atoms with Crippen LogP contribution >= 0.6 is 0 Å². The number of nitrogens with zero attached hydrogens (tertiary/aromatic N) is 4. The minimum atomic E-state index is -0.615. The summed E-state index contributed by atoms with van der Waals surface area (Å²) in [5.41, 5.74) is 0.811. The highest BCUT2D eigenvalue weighted by Gasteiger charge is 2.36. The summed E-state index contributed by atoms with van der Waals surface area (Å²) in [5.74, 6) is -1.24. The number of carbonyl (C=O) groups is 3. The molecule has 0 aliphatic carbocycles. The molecule has 0 fully saturated rings. The number of aromatic nitrogens is 2. The number of nitro benzene ring substituents is 1. The first-order valence-corrected chi connectivity index (χ1v) is 8.75. The topological polar surface area (TPSA) is 127 Å². The zero-order chi connectivity index (χ0) is 20.3. The number of non-ortho nitro benzene ring substituents is 1. The van der Waals surface area contributed by atoms with Crippen molar-refractivity contribution in [1.29, 1.82) is 0 Å². The summed E-state index contributed by atoms with van der Waals surface area (Å²) in [5, 5.41) is 13.6. The molecule has 1 aliphatic heterocycles. The normalized spacial score (nSPS) is 13.0. The Bertz CT molecular complexity index is 952. The highest BCUT2D eigenvalue weighted by Crippen LogP contribution is 2.26. The number of nitrogens with one attached hydrogen (secondary N) is 1. The van der Waals surface area contributed by atoms with Crippen LogP contribution in [0.15, 0.2) is 30.7 Å². The lowest BCUT2D eigenvalue weighted by Crippen LogP contribution is -2.32. The number of benzene rings is 1. The maximum Gasteiger partial charge on any atom is 0.270 e. The number of imidazole rings is 1. The number of hydrogen-bond donors (Lipinski definition) is 1. The van der Waals surface area contributed by atoms with E-state index < -0.39 is 16.7 Å². The minimum Gasteiger partial charge on any atom is -0.356 e. The standard InChI is InChI=1S/C18H19N5O5/c1-21-10-12(20-11-21)6-7-19-16(24)3-2-8-22-17(25)14-5-4-13(23(27)28)9-15(14)18(22)26/h4-5,9-11H,2-3,6-8H2,1H3,(H,19,24). The van der Waals surface area contributed by atoms with E-state index in [1.54, 1.807) is 6.33 Å². The molecule has 0 saturated heterocycles. The van der Waals surface area contributed by atoms with Crippen LogP contribution in [-0.4, -0.2) is 50.2 Å². The molecule has 3 amide bonds. The van der Waals surface area contributed by atoms with E-state index in [1.807, 2.05) is 17.8 Å². The smallest absolute Gasteiger partial charge is 0.270 e. The fraction of sp³-hybridized carbons (Fsp3) is 0.333. The van der Waals surface area contributed by atoms with Crippen LogP contribution in [-0.2, 0) is 18.3 Å². The van der Waals surface area contributed by atoms with Crippen LogP contribution in [0, 0.1) is 10.1 Å². The third kappa shape index (κ3) is 4.05. The van der Waals surface area contributed by atoms with Crippen molar-refractivity contribution >= 4 is 23.4 Å². The summed E-state index contributed by atoms with van der Waals surface area (Å²) in [6, 6.07) is 3.60. The van der Waals surface area contributed by atoms with E-state index in [9.17, 15) is 24.5 Å². The Labute approximate surface area is 160 Å². The van der Waals surface area contributed by atoms with Gasteiger partial charge in [-0.15, -0.1) is 0 Å². The van der Waals surface area contributed by atoms with Crippen LogP contribution in [0.25, 0.3) is 0 Å². The number of hydrogen-bond acceptors (Lipinski definition) is 6. The van der Waals surface area contributed by atoms with Crippen LogP contribution in [0.2, 0.25) is 0 Å². The van der Waals surface area contributed by atoms with Crippen molar-refractivity contribution in [2.45, 2.75) is 19.3 Å². The number of nitro groups is 1. The molecule has 10 nitrogen and oxygen atoms in total. The van der Waals surface area contributed by atoms with Crippen LogP contribution < -0.4 is 5.32 Å². The molecule has 1 N–H and O–H groups in total. The maximum atomic E-state index is 12.4. The maximum absolute atomic E-state index is 12.4. The highest BCUT2D eigenvalue weighted by molar-refractivity contribution is 6.21. The van der Waals surface area contributed by atoms with Crippen molar-refractivity contribution in [3.8, 4) is 0 Å². The Morgan fingerprint density at radius 2 is 2.00 bits per heavy atom. The second-order valence-corrected chi connectivity index (χ2v) is 6.48. The summed E-state index contributed by atoms with van der Waals surface area (Å²) >= 11 is 0. The molecule has 28 heavy (non-hydrogen) atoms. The quantitative estimate of drug-likeness (QED) is 0.411. The van der Waals surface area contributed by atoms with Gasteiger partial charge in [-0.05, 0) is 12.5 Å². The molecule has 0 spiro atoms. The zero-order valence-corrected chi connectivity index (χ0v) is 15.3. The van der Waals surface area contributed by atoms with Crippen molar-refractivity contribution in [3.63, 3.8) is 0 Å². The molecule has 2 heterocycles. The second kappa shape index (κ2) is 7.99. The molecule has 2 aromatic rings. The van der Waals surface area contributed by atoms with Gasteiger partial charge in [0, 0.05) is 51.3 Å². The van der Waals surface area contributed by atoms with Gasteiger partial charge in [0.05, 0.1) is 28.1 Å². The first-order valence-electron chi connectivity index (χ1n) is 8.75. The number of imide groups is 1. The van der Waals surface area contributed by atoms with Crippen molar-refractivity contribution < 1.29 is 19.3 Å². The molecule has 146 valence electrons. The van der Waals surface area contributed by atoms with Crippen LogP contribution in [0.4, 0.5) is 5.69 Å². The van der Waals surface area contributed by atoms with Crippen molar-refractivity contribution in [3.05, 3.63) is 57.7 Å². The van der Waals surface area contributed by atoms with Crippen molar-refractivity contribution in [2.75, 3.05) is 13.1 Å². The van der Waals surface area contributed by atoms with Gasteiger partial charge >= 0.3 is 0 Å². The van der Waals surface area contributed by atoms with E-state index in [4.69, 9.17) is 0 Å². The minimum absolute atomic E-state index is 0.0269. The highest BCUT2D eigenvalue weighted by atomic mass is 16.6. The van der Waals surface area contributed by atoms with E-state index >= 15 is 0 Å². The van der Waals surface area contributed by atoms with Crippen LogP contribution in [0.3, 0.4) is 0 Å². The van der Waals surface area contributed by atoms with Gasteiger partial charge in [0.25, 0.3) is 17.5 Å². The molecule has 0 atom stereocenters. The van der Waals surface area contributed by atoms with Crippen LogP contribution in [0.5, 0.6) is 0 Å². The first kappa shape index (κ1) is 19.2. The molecular formula is C18H19N5O5. The number of rotatable bonds is 8. The van der Waals surface area contributed by atoms with E-state index in [2.05, 4.69) is 10.3 Å². The molecule has 0 bridgehead atoms. The zero-order valence-electron chi connectivity index (χ0n) is 15.3. The monoisotopic (exact) mass is 385 g/mol. The fourth-order valence-electron chi connectivity index (χ4n) is 3.01. The molecule has 1 aromatic heterocycles. The Kier molecular flexibility index (Phi) is 5.48. The Balaban J connectivity index is 1.47. The molecule has 1 aliphatic rings. The Morgan fingerprint density at radius 1 is 1.25 bits per heavy atom. The number of amides is 3. The van der Waals surface area contributed by atoms with Gasteiger partial charge in [-0.2, -0.15) is 0 Å². The predicted molar refractivity (Wildman–Crippen MR) is 97.6 cm³/mol. The van der Waals surface area contributed by atoms with Crippen LogP contribution in [0.1, 0.15) is 39.3 Å². The molecule has 0 saturated carbocycles. The average Bonchev–Trinajstić information content (AvgIpc) is 3.17. The predicted octanol–water partition coefficient (Wildman–Crippen LogP) is 1.06. The van der Waals surface area contributed by atoms with E-state index in [-0.39, 0.29) is 35.7 Å². The number of fused-ring (bicyclic) bond motifs is 1.